The maximum absolute atomic E-state index is 12.3. The maximum Gasteiger partial charge on any atom is 0.414 e. The van der Waals surface area contributed by atoms with Crippen molar-refractivity contribution in [3.8, 4) is 11.8 Å². The minimum Gasteiger partial charge on any atom is -0.481 e. The quantitative estimate of drug-likeness (QED) is 0.347. The van der Waals surface area contributed by atoms with Crippen molar-refractivity contribution in [2.45, 2.75) is 31.3 Å². The van der Waals surface area contributed by atoms with Crippen molar-refractivity contribution in [3.05, 3.63) is 57.0 Å². The highest BCUT2D eigenvalue weighted by Gasteiger charge is 2.54. The molecule has 0 radical (unpaired) electrons. The Morgan fingerprint density at radius 3 is 2.71 bits per heavy atom. The summed E-state index contributed by atoms with van der Waals surface area (Å²) in [7, 11) is 0. The number of hydrogen-bond acceptors (Lipinski definition) is 9. The number of hydrogen-bond donors (Lipinski definition) is 2. The number of aliphatic carboxylic acids is 1. The van der Waals surface area contributed by atoms with E-state index in [4.69, 9.17) is 20.8 Å². The zero-order valence-electron chi connectivity index (χ0n) is 17.5. The number of carbonyl (C=O) groups excluding carboxylic acids is 1. The Morgan fingerprint density at radius 1 is 1.24 bits per heavy atom. The van der Waals surface area contributed by atoms with Gasteiger partial charge in [-0.25, -0.2) is 19.7 Å². The number of aromatic nitrogens is 3. The second-order valence-corrected chi connectivity index (χ2v) is 9.87. The molecule has 5 rings (SSSR count). The molecule has 2 N–H and O–H groups in total. The fraction of sp³-hybridized carbons (Fsp3) is 0.227. The van der Waals surface area contributed by atoms with Crippen LogP contribution < -0.4 is 5.32 Å². The molecule has 34 heavy (non-hydrogen) atoms. The number of carboxylic acid groups (broad SMARTS) is 1. The Hall–Kier alpha value is -3.46. The van der Waals surface area contributed by atoms with Gasteiger partial charge >= 0.3 is 12.1 Å². The first-order chi connectivity index (χ1) is 16.4. The van der Waals surface area contributed by atoms with E-state index in [2.05, 4.69) is 32.1 Å². The average Bonchev–Trinajstić information content (AvgIpc) is 3.12. The molecule has 4 aromatic rings. The third kappa shape index (κ3) is 4.23. The number of ether oxygens (including phenoxy) is 1. The van der Waals surface area contributed by atoms with Gasteiger partial charge in [-0.2, -0.15) is 0 Å². The minimum absolute atomic E-state index is 0.0415. The normalized spacial score (nSPS) is 14.8. The van der Waals surface area contributed by atoms with E-state index in [1.807, 2.05) is 0 Å². The minimum atomic E-state index is -0.851. The Morgan fingerprint density at radius 2 is 2.00 bits per heavy atom. The molecular formula is C22H15ClN4O5S2. The van der Waals surface area contributed by atoms with Crippen LogP contribution in [0.15, 0.2) is 35.1 Å². The third-order valence-corrected chi connectivity index (χ3v) is 7.73. The van der Waals surface area contributed by atoms with Gasteiger partial charge < -0.3 is 14.3 Å². The number of thiazole rings is 2. The van der Waals surface area contributed by atoms with E-state index < -0.39 is 23.6 Å². The fourth-order valence-corrected chi connectivity index (χ4v) is 5.66. The molecule has 0 bridgehead atoms. The van der Waals surface area contributed by atoms with Crippen LogP contribution in [-0.2, 0) is 14.9 Å². The van der Waals surface area contributed by atoms with Crippen LogP contribution in [0.2, 0.25) is 5.02 Å². The van der Waals surface area contributed by atoms with Crippen LogP contribution in [0.5, 0.6) is 0 Å². The molecule has 1 aromatic carbocycles. The average molecular weight is 515 g/mol. The lowest BCUT2D eigenvalue weighted by molar-refractivity contribution is -0.140. The van der Waals surface area contributed by atoms with Gasteiger partial charge in [0.15, 0.2) is 26.8 Å². The molecular weight excluding hydrogens is 500 g/mol. The van der Waals surface area contributed by atoms with Gasteiger partial charge in [0.2, 0.25) is 5.88 Å². The molecule has 3 aromatic heterocycles. The Kier molecular flexibility index (Phi) is 5.73. The first-order valence-corrected chi connectivity index (χ1v) is 12.1. The number of carboxylic acids is 1. The fourth-order valence-electron chi connectivity index (χ4n) is 3.23. The van der Waals surface area contributed by atoms with Crippen LogP contribution in [-0.4, -0.2) is 32.1 Å². The van der Waals surface area contributed by atoms with Crippen molar-refractivity contribution in [1.29, 1.82) is 0 Å². The van der Waals surface area contributed by atoms with Crippen LogP contribution >= 0.6 is 34.3 Å². The number of oxazole rings is 1. The summed E-state index contributed by atoms with van der Waals surface area (Å²) in [6.45, 7) is 1.71. The highest BCUT2D eigenvalue weighted by atomic mass is 35.5. The summed E-state index contributed by atoms with van der Waals surface area (Å²) in [5, 5.41) is 13.5. The lowest BCUT2D eigenvalue weighted by Crippen LogP contribution is -2.18. The summed E-state index contributed by atoms with van der Waals surface area (Å²) in [6, 6.07) is 7.08. The highest BCUT2D eigenvalue weighted by Crippen LogP contribution is 2.50. The summed E-state index contributed by atoms with van der Waals surface area (Å²) in [5.74, 6) is 4.90. The molecule has 1 aliphatic carbocycles. The molecule has 1 aliphatic rings. The number of halogens is 1. The van der Waals surface area contributed by atoms with Crippen LogP contribution in [0, 0.1) is 11.8 Å². The molecule has 1 fully saturated rings. The van der Waals surface area contributed by atoms with E-state index in [1.165, 1.54) is 22.7 Å². The van der Waals surface area contributed by atoms with Crippen molar-refractivity contribution >= 4 is 61.9 Å². The molecule has 1 amide bonds. The zero-order chi connectivity index (χ0) is 23.9. The molecule has 0 aliphatic heterocycles. The number of anilines is 1. The standard InChI is InChI=1S/C22H15ClN4O5S2/c1-11(12-4-2-3-5-13(12)23)32-21(30)26-16-14(24-10-31-16)6-7-15-25-17-18(33-15)27-19(34-17)22(8-9-22)20(28)29/h2-5,10-11H,8-9H2,1H3,(H,26,30)(H,28,29). The smallest absolute Gasteiger partial charge is 0.414 e. The molecule has 1 saturated carbocycles. The summed E-state index contributed by atoms with van der Waals surface area (Å²) >= 11 is 8.68. The second kappa shape index (κ2) is 8.72. The van der Waals surface area contributed by atoms with E-state index in [0.29, 0.717) is 43.1 Å². The Bertz CT molecular complexity index is 1450. The monoisotopic (exact) mass is 514 g/mol. The van der Waals surface area contributed by atoms with Gasteiger partial charge in [0.05, 0.1) is 0 Å². The zero-order valence-corrected chi connectivity index (χ0v) is 19.9. The van der Waals surface area contributed by atoms with Gasteiger partial charge in [0.25, 0.3) is 0 Å². The van der Waals surface area contributed by atoms with Crippen LogP contribution in [0.3, 0.4) is 0 Å². The summed E-state index contributed by atoms with van der Waals surface area (Å²) in [5.41, 5.74) is 0.0293. The van der Waals surface area contributed by atoms with E-state index in [-0.39, 0.29) is 11.6 Å². The van der Waals surface area contributed by atoms with Crippen LogP contribution in [0.4, 0.5) is 10.7 Å². The predicted molar refractivity (Wildman–Crippen MR) is 126 cm³/mol. The number of benzene rings is 1. The van der Waals surface area contributed by atoms with Crippen molar-refractivity contribution < 1.29 is 23.8 Å². The van der Waals surface area contributed by atoms with E-state index in [9.17, 15) is 14.7 Å². The van der Waals surface area contributed by atoms with Gasteiger partial charge in [0, 0.05) is 10.6 Å². The largest absolute Gasteiger partial charge is 0.481 e. The first-order valence-electron chi connectivity index (χ1n) is 10.0. The van der Waals surface area contributed by atoms with Crippen molar-refractivity contribution in [1.82, 2.24) is 15.0 Å². The summed E-state index contributed by atoms with van der Waals surface area (Å²) in [6.07, 6.45) is 1.02. The lowest BCUT2D eigenvalue weighted by atomic mass is 10.1. The second-order valence-electron chi connectivity index (χ2n) is 7.51. The van der Waals surface area contributed by atoms with E-state index >= 15 is 0 Å². The predicted octanol–water partition coefficient (Wildman–Crippen LogP) is 5.22. The lowest BCUT2D eigenvalue weighted by Gasteiger charge is -2.14. The Labute approximate surface area is 205 Å². The van der Waals surface area contributed by atoms with Gasteiger partial charge in [-0.15, -0.1) is 0 Å². The first kappa shape index (κ1) is 22.3. The number of fused-ring (bicyclic) bond motifs is 1. The maximum atomic E-state index is 12.3. The molecule has 172 valence electrons. The summed E-state index contributed by atoms with van der Waals surface area (Å²) in [4.78, 5) is 38.0. The van der Waals surface area contributed by atoms with Crippen molar-refractivity contribution in [3.63, 3.8) is 0 Å². The van der Waals surface area contributed by atoms with Crippen molar-refractivity contribution in [2.24, 2.45) is 0 Å². The summed E-state index contributed by atoms with van der Waals surface area (Å²) < 4.78 is 10.6. The number of nitrogens with zero attached hydrogens (tertiary/aromatic N) is 3. The SMILES string of the molecule is CC(OC(=O)Nc1ocnc1C#Cc1nc2sc(C3(C(=O)O)CC3)nc2s1)c1ccccc1Cl. The highest BCUT2D eigenvalue weighted by molar-refractivity contribution is 7.26. The molecule has 9 nitrogen and oxygen atoms in total. The number of rotatable bonds is 5. The molecule has 12 heteroatoms. The van der Waals surface area contributed by atoms with Gasteiger partial charge in [-0.3, -0.25) is 10.1 Å². The van der Waals surface area contributed by atoms with E-state index in [1.54, 1.807) is 31.2 Å². The number of carbonyl (C=O) groups is 2. The molecule has 3 heterocycles. The van der Waals surface area contributed by atoms with Crippen LogP contribution in [0.25, 0.3) is 9.66 Å². The van der Waals surface area contributed by atoms with Gasteiger partial charge in [0.1, 0.15) is 16.5 Å². The van der Waals surface area contributed by atoms with Crippen molar-refractivity contribution in [2.75, 3.05) is 5.32 Å². The number of amides is 1. The molecule has 1 unspecified atom stereocenters. The third-order valence-electron chi connectivity index (χ3n) is 5.24. The topological polar surface area (TPSA) is 127 Å². The van der Waals surface area contributed by atoms with Gasteiger partial charge in [-0.05, 0) is 37.7 Å². The molecule has 0 spiro atoms. The molecule has 0 saturated heterocycles. The van der Waals surface area contributed by atoms with Crippen LogP contribution in [0.1, 0.15) is 47.1 Å². The van der Waals surface area contributed by atoms with Gasteiger partial charge in [-0.1, -0.05) is 52.5 Å². The van der Waals surface area contributed by atoms with E-state index in [0.717, 1.165) is 6.39 Å². The Balaban J connectivity index is 1.27. The molecule has 1 atom stereocenters. The number of nitrogens with one attached hydrogen (secondary N) is 1.